The summed E-state index contributed by atoms with van der Waals surface area (Å²) in [6.07, 6.45) is 1.31. The molecule has 0 saturated heterocycles. The molecule has 29 heavy (non-hydrogen) atoms. The maximum absolute atomic E-state index is 11.9. The van der Waals surface area contributed by atoms with E-state index in [0.717, 1.165) is 10.0 Å². The highest BCUT2D eigenvalue weighted by Gasteiger charge is 2.14. The van der Waals surface area contributed by atoms with E-state index in [-0.39, 0.29) is 5.69 Å². The summed E-state index contributed by atoms with van der Waals surface area (Å²) < 4.78 is 6.52. The standard InChI is InChI=1S/C19H14BrClN4O4/c1-11-8-12(2-5-16(11)20)23-19(26)24-22-10-14-4-7-18(29-14)15-9-13(25(27)28)3-6-17(15)21/h2-10H,1H3,(H2,23,24,26)/b22-10+. The molecule has 10 heteroatoms. The van der Waals surface area contributed by atoms with E-state index in [0.29, 0.717) is 27.8 Å². The third kappa shape index (κ3) is 5.21. The smallest absolute Gasteiger partial charge is 0.339 e. The summed E-state index contributed by atoms with van der Waals surface area (Å²) in [7, 11) is 0. The topological polar surface area (TPSA) is 110 Å². The second-order valence-electron chi connectivity index (χ2n) is 5.91. The van der Waals surface area contributed by atoms with Crippen LogP contribution >= 0.6 is 27.5 Å². The predicted molar refractivity (Wildman–Crippen MR) is 114 cm³/mol. The summed E-state index contributed by atoms with van der Waals surface area (Å²) in [5, 5.41) is 17.7. The number of nitro groups is 1. The van der Waals surface area contributed by atoms with E-state index in [1.807, 2.05) is 19.1 Å². The van der Waals surface area contributed by atoms with Crippen LogP contribution in [0.25, 0.3) is 11.3 Å². The molecule has 8 nitrogen and oxygen atoms in total. The number of aryl methyl sites for hydroxylation is 1. The van der Waals surface area contributed by atoms with Gasteiger partial charge in [0.25, 0.3) is 5.69 Å². The van der Waals surface area contributed by atoms with Gasteiger partial charge in [-0.3, -0.25) is 10.1 Å². The number of nitrogens with zero attached hydrogens (tertiary/aromatic N) is 2. The van der Waals surface area contributed by atoms with Gasteiger partial charge in [0, 0.05) is 27.9 Å². The Hall–Kier alpha value is -3.17. The Bertz CT molecular complexity index is 1110. The number of rotatable bonds is 5. The average molecular weight is 478 g/mol. The van der Waals surface area contributed by atoms with Gasteiger partial charge in [0.2, 0.25) is 0 Å². The van der Waals surface area contributed by atoms with Gasteiger partial charge in [-0.1, -0.05) is 27.5 Å². The molecule has 0 bridgehead atoms. The number of nitro benzene ring substituents is 1. The second-order valence-corrected chi connectivity index (χ2v) is 7.17. The van der Waals surface area contributed by atoms with Crippen molar-refractivity contribution in [3.63, 3.8) is 0 Å². The molecule has 0 fully saturated rings. The van der Waals surface area contributed by atoms with Crippen LogP contribution in [0, 0.1) is 17.0 Å². The predicted octanol–water partition coefficient (Wildman–Crippen LogP) is 5.73. The molecule has 2 N–H and O–H groups in total. The van der Waals surface area contributed by atoms with Gasteiger partial charge < -0.3 is 9.73 Å². The van der Waals surface area contributed by atoms with E-state index < -0.39 is 11.0 Å². The molecule has 0 spiro atoms. The molecule has 0 aliphatic heterocycles. The number of hydrogen-bond donors (Lipinski definition) is 2. The van der Waals surface area contributed by atoms with E-state index in [9.17, 15) is 14.9 Å². The number of hydrogen-bond acceptors (Lipinski definition) is 5. The Morgan fingerprint density at radius 2 is 2.03 bits per heavy atom. The zero-order valence-corrected chi connectivity index (χ0v) is 17.3. The number of halogens is 2. The van der Waals surface area contributed by atoms with Crippen molar-refractivity contribution in [1.82, 2.24) is 5.43 Å². The normalized spacial score (nSPS) is 10.9. The van der Waals surface area contributed by atoms with Gasteiger partial charge in [0.1, 0.15) is 11.5 Å². The van der Waals surface area contributed by atoms with Crippen molar-refractivity contribution in [2.75, 3.05) is 5.32 Å². The van der Waals surface area contributed by atoms with Crippen LogP contribution in [-0.4, -0.2) is 17.2 Å². The fourth-order valence-corrected chi connectivity index (χ4v) is 2.88. The lowest BCUT2D eigenvalue weighted by molar-refractivity contribution is -0.384. The number of carbonyl (C=O) groups excluding carboxylic acids is 1. The Kier molecular flexibility index (Phi) is 6.30. The molecule has 2 aromatic carbocycles. The summed E-state index contributed by atoms with van der Waals surface area (Å²) in [6.45, 7) is 1.91. The van der Waals surface area contributed by atoms with Crippen molar-refractivity contribution < 1.29 is 14.1 Å². The fourth-order valence-electron chi connectivity index (χ4n) is 2.42. The Morgan fingerprint density at radius 3 is 2.76 bits per heavy atom. The van der Waals surface area contributed by atoms with Crippen LogP contribution < -0.4 is 10.7 Å². The Balaban J connectivity index is 1.65. The van der Waals surface area contributed by atoms with Crippen LogP contribution in [0.3, 0.4) is 0 Å². The molecule has 3 rings (SSSR count). The first-order valence-electron chi connectivity index (χ1n) is 8.24. The molecule has 0 radical (unpaired) electrons. The summed E-state index contributed by atoms with van der Waals surface area (Å²) >= 11 is 9.50. The van der Waals surface area contributed by atoms with Crippen LogP contribution in [0.5, 0.6) is 0 Å². The number of benzene rings is 2. The third-order valence-electron chi connectivity index (χ3n) is 3.83. The monoisotopic (exact) mass is 476 g/mol. The molecule has 148 valence electrons. The van der Waals surface area contributed by atoms with Crippen LogP contribution in [0.15, 0.2) is 62.5 Å². The molecular weight excluding hydrogens is 464 g/mol. The number of anilines is 1. The van der Waals surface area contributed by atoms with Crippen molar-refractivity contribution in [1.29, 1.82) is 0 Å². The average Bonchev–Trinajstić information content (AvgIpc) is 3.13. The number of amides is 2. The molecule has 3 aromatic rings. The second kappa shape index (κ2) is 8.89. The van der Waals surface area contributed by atoms with E-state index in [2.05, 4.69) is 31.8 Å². The van der Waals surface area contributed by atoms with Crippen molar-refractivity contribution in [3.8, 4) is 11.3 Å². The van der Waals surface area contributed by atoms with E-state index in [1.165, 1.54) is 24.4 Å². The van der Waals surface area contributed by atoms with Gasteiger partial charge in [-0.05, 0) is 48.9 Å². The molecule has 0 unspecified atom stereocenters. The van der Waals surface area contributed by atoms with Gasteiger partial charge in [0.05, 0.1) is 16.2 Å². The highest BCUT2D eigenvalue weighted by Crippen LogP contribution is 2.32. The lowest BCUT2D eigenvalue weighted by Gasteiger charge is -2.06. The number of furan rings is 1. The largest absolute Gasteiger partial charge is 0.455 e. The first-order valence-corrected chi connectivity index (χ1v) is 9.41. The van der Waals surface area contributed by atoms with Crippen molar-refractivity contribution in [2.45, 2.75) is 6.92 Å². The molecule has 0 aliphatic carbocycles. The minimum absolute atomic E-state index is 0.0995. The van der Waals surface area contributed by atoms with Gasteiger partial charge in [0.15, 0.2) is 0 Å². The van der Waals surface area contributed by atoms with Gasteiger partial charge in [-0.2, -0.15) is 5.10 Å². The molecule has 0 saturated carbocycles. The fraction of sp³-hybridized carbons (Fsp3) is 0.0526. The zero-order valence-electron chi connectivity index (χ0n) is 15.0. The SMILES string of the molecule is Cc1cc(NC(=O)N/N=C/c2ccc(-c3cc([N+](=O)[O-])ccc3Cl)o2)ccc1Br. The maximum Gasteiger partial charge on any atom is 0.339 e. The lowest BCUT2D eigenvalue weighted by atomic mass is 10.1. The van der Waals surface area contributed by atoms with E-state index >= 15 is 0 Å². The Morgan fingerprint density at radius 1 is 1.24 bits per heavy atom. The van der Waals surface area contributed by atoms with Crippen LogP contribution in [0.4, 0.5) is 16.2 Å². The molecule has 2 amide bonds. The van der Waals surface area contributed by atoms with Gasteiger partial charge >= 0.3 is 6.03 Å². The summed E-state index contributed by atoms with van der Waals surface area (Å²) in [5.74, 6) is 0.678. The molecule has 0 atom stereocenters. The van der Waals surface area contributed by atoms with Crippen molar-refractivity contribution >= 4 is 51.2 Å². The lowest BCUT2D eigenvalue weighted by Crippen LogP contribution is -2.24. The zero-order chi connectivity index (χ0) is 21.0. The number of nitrogens with one attached hydrogen (secondary N) is 2. The number of carbonyl (C=O) groups is 1. The molecule has 1 aromatic heterocycles. The van der Waals surface area contributed by atoms with Crippen LogP contribution in [0.1, 0.15) is 11.3 Å². The van der Waals surface area contributed by atoms with Crippen LogP contribution in [0.2, 0.25) is 5.02 Å². The highest BCUT2D eigenvalue weighted by atomic mass is 79.9. The number of non-ortho nitro benzene ring substituents is 1. The van der Waals surface area contributed by atoms with Crippen molar-refractivity contribution in [2.24, 2.45) is 5.10 Å². The minimum atomic E-state index is -0.517. The Labute approximate surface area is 178 Å². The highest BCUT2D eigenvalue weighted by molar-refractivity contribution is 9.10. The maximum atomic E-state index is 11.9. The molecular formula is C19H14BrClN4O4. The minimum Gasteiger partial charge on any atom is -0.455 e. The van der Waals surface area contributed by atoms with E-state index in [4.69, 9.17) is 16.0 Å². The van der Waals surface area contributed by atoms with E-state index in [1.54, 1.807) is 18.2 Å². The number of hydrazone groups is 1. The van der Waals surface area contributed by atoms with Crippen LogP contribution in [-0.2, 0) is 0 Å². The first-order chi connectivity index (χ1) is 13.8. The number of urea groups is 1. The molecule has 0 aliphatic rings. The summed E-state index contributed by atoms with van der Waals surface area (Å²) in [4.78, 5) is 22.3. The van der Waals surface area contributed by atoms with Gasteiger partial charge in [-0.15, -0.1) is 0 Å². The van der Waals surface area contributed by atoms with Crippen molar-refractivity contribution in [3.05, 3.63) is 79.5 Å². The molecule has 1 heterocycles. The van der Waals surface area contributed by atoms with Gasteiger partial charge in [-0.25, -0.2) is 10.2 Å². The quantitative estimate of drug-likeness (QED) is 0.277. The first kappa shape index (κ1) is 20.6. The summed E-state index contributed by atoms with van der Waals surface area (Å²) in [6, 6.07) is 12.2. The summed E-state index contributed by atoms with van der Waals surface area (Å²) in [5.41, 5.74) is 4.22. The third-order valence-corrected chi connectivity index (χ3v) is 5.05.